The fourth-order valence-corrected chi connectivity index (χ4v) is 7.18. The summed E-state index contributed by atoms with van der Waals surface area (Å²) in [6.45, 7) is 8.09. The van der Waals surface area contributed by atoms with Crippen LogP contribution in [0.2, 0.25) is 0 Å². The Bertz CT molecular complexity index is 1610. The molecule has 5 rings (SSSR count). The van der Waals surface area contributed by atoms with E-state index in [1.54, 1.807) is 17.7 Å². The maximum absolute atomic E-state index is 14.9. The molecular weight excluding hydrogens is 547 g/mol. The van der Waals surface area contributed by atoms with E-state index in [1.807, 2.05) is 58.2 Å². The summed E-state index contributed by atoms with van der Waals surface area (Å²) in [7, 11) is -1.86. The molecule has 1 aliphatic heterocycles. The van der Waals surface area contributed by atoms with Crippen molar-refractivity contribution in [3.63, 3.8) is 0 Å². The van der Waals surface area contributed by atoms with Crippen molar-refractivity contribution >= 4 is 27.8 Å². The molecule has 3 aromatic carbocycles. The van der Waals surface area contributed by atoms with E-state index in [0.717, 1.165) is 38.9 Å². The van der Waals surface area contributed by atoms with Crippen LogP contribution in [0.15, 0.2) is 53.4 Å². The molecule has 0 aliphatic carbocycles. The van der Waals surface area contributed by atoms with E-state index in [0.29, 0.717) is 0 Å². The third kappa shape index (κ3) is 5.54. The molecule has 4 aromatic rings. The third-order valence-corrected chi connectivity index (χ3v) is 9.55. The second-order valence-electron chi connectivity index (χ2n) is 10.4. The molecule has 2 N–H and O–H groups in total. The van der Waals surface area contributed by atoms with Crippen LogP contribution in [0, 0.1) is 19.7 Å². The molecule has 0 saturated carbocycles. The van der Waals surface area contributed by atoms with Crippen LogP contribution in [-0.2, 0) is 23.1 Å². The number of fused-ring (bicyclic) bond motifs is 2. The highest BCUT2D eigenvalue weighted by atomic mass is 32.3. The van der Waals surface area contributed by atoms with E-state index in [9.17, 15) is 18.3 Å². The molecule has 1 aromatic heterocycles. The molecule has 1 aliphatic rings. The number of carbonyl (C=O) groups is 1. The average molecular weight is 583 g/mol. The van der Waals surface area contributed by atoms with Gasteiger partial charge >= 0.3 is 5.97 Å². The maximum Gasteiger partial charge on any atom is 0.306 e. The van der Waals surface area contributed by atoms with Crippen LogP contribution in [-0.4, -0.2) is 53.6 Å². The number of rotatable bonds is 7. The second-order valence-corrected chi connectivity index (χ2v) is 12.4. The lowest BCUT2D eigenvalue weighted by Gasteiger charge is -2.42. The number of nitrogens with zero attached hydrogens (tertiary/aromatic N) is 4. The molecule has 2 atom stereocenters. The summed E-state index contributed by atoms with van der Waals surface area (Å²) >= 11 is 0. The Labute approximate surface area is 240 Å². The molecule has 0 radical (unpaired) electrons. The lowest BCUT2D eigenvalue weighted by Crippen LogP contribution is -2.33. The number of ether oxygens (including phenoxy) is 2. The first kappa shape index (κ1) is 29.0. The van der Waals surface area contributed by atoms with Gasteiger partial charge in [-0.05, 0) is 73.7 Å². The molecule has 9 nitrogen and oxygen atoms in total. The highest BCUT2D eigenvalue weighted by molar-refractivity contribution is 8.22. The minimum atomic E-state index is -3.70. The highest BCUT2D eigenvalue weighted by Gasteiger charge is 2.36. The summed E-state index contributed by atoms with van der Waals surface area (Å²) in [5.74, 6) is -1.26. The first-order valence-corrected chi connectivity index (χ1v) is 15.0. The standard InChI is InChI=1S/C30H35FN4O5S/c1-6-39-28(36)15-24(23-12-13-26-29(20(23)4)32-33-34(26)5)21-11-10-18(2)22(14-21)17-35-16-19(3)40-27-9-7-8-25(31)30(27)41(35,37)38/h7-14,19,24,37-38H,6,15-17H2,1-5H3/t19-,24?/m1/s1. The normalized spacial score (nSPS) is 18.3. The zero-order chi connectivity index (χ0) is 29.5. The quantitative estimate of drug-likeness (QED) is 0.251. The van der Waals surface area contributed by atoms with E-state index in [4.69, 9.17) is 9.47 Å². The van der Waals surface area contributed by atoms with Crippen molar-refractivity contribution in [1.29, 1.82) is 0 Å². The minimum Gasteiger partial charge on any atom is -0.487 e. The Kier molecular flexibility index (Phi) is 8.06. The van der Waals surface area contributed by atoms with Crippen molar-refractivity contribution < 1.29 is 27.8 Å². The predicted octanol–water partition coefficient (Wildman–Crippen LogP) is 6.12. The first-order valence-electron chi connectivity index (χ1n) is 13.5. The fraction of sp³-hybridized carbons (Fsp3) is 0.367. The molecule has 0 fully saturated rings. The van der Waals surface area contributed by atoms with Gasteiger partial charge in [-0.15, -0.1) is 15.9 Å². The highest BCUT2D eigenvalue weighted by Crippen LogP contribution is 2.58. The molecule has 0 saturated heterocycles. The average Bonchev–Trinajstić information content (AvgIpc) is 3.25. The van der Waals surface area contributed by atoms with Crippen LogP contribution < -0.4 is 4.74 Å². The number of aromatic nitrogens is 3. The Morgan fingerprint density at radius 2 is 2.00 bits per heavy atom. The number of carbonyl (C=O) groups excluding carboxylic acids is 1. The van der Waals surface area contributed by atoms with Crippen molar-refractivity contribution in [2.24, 2.45) is 7.05 Å². The van der Waals surface area contributed by atoms with E-state index in [-0.39, 0.29) is 48.6 Å². The predicted molar refractivity (Wildman–Crippen MR) is 156 cm³/mol. The summed E-state index contributed by atoms with van der Waals surface area (Å²) in [5, 5.41) is 8.48. The Hall–Kier alpha value is -3.51. The topological polar surface area (TPSA) is 110 Å². The summed E-state index contributed by atoms with van der Waals surface area (Å²) in [5.41, 5.74) is 6.12. The summed E-state index contributed by atoms with van der Waals surface area (Å²) in [4.78, 5) is 12.6. The van der Waals surface area contributed by atoms with Gasteiger partial charge in [-0.3, -0.25) is 13.9 Å². The van der Waals surface area contributed by atoms with E-state index >= 15 is 0 Å². The molecule has 0 amide bonds. The molecule has 2 heterocycles. The largest absolute Gasteiger partial charge is 0.487 e. The van der Waals surface area contributed by atoms with Crippen LogP contribution in [0.3, 0.4) is 0 Å². The Morgan fingerprint density at radius 1 is 1.22 bits per heavy atom. The van der Waals surface area contributed by atoms with Crippen molar-refractivity contribution in [3.05, 3.63) is 82.2 Å². The van der Waals surface area contributed by atoms with Crippen molar-refractivity contribution in [1.82, 2.24) is 19.3 Å². The summed E-state index contributed by atoms with van der Waals surface area (Å²) < 4.78 is 52.0. The summed E-state index contributed by atoms with van der Waals surface area (Å²) in [6, 6.07) is 14.1. The van der Waals surface area contributed by atoms with E-state index < -0.39 is 22.7 Å². The third-order valence-electron chi connectivity index (χ3n) is 7.61. The molecule has 218 valence electrons. The lowest BCUT2D eigenvalue weighted by atomic mass is 9.84. The zero-order valence-electron chi connectivity index (χ0n) is 23.8. The van der Waals surface area contributed by atoms with Gasteiger partial charge in [0.05, 0.1) is 25.1 Å². The van der Waals surface area contributed by atoms with Crippen LogP contribution in [0.1, 0.15) is 54.0 Å². The fourth-order valence-electron chi connectivity index (χ4n) is 5.46. The van der Waals surface area contributed by atoms with Gasteiger partial charge < -0.3 is 9.47 Å². The number of hydrogen-bond acceptors (Lipinski definition) is 8. The molecule has 11 heteroatoms. The van der Waals surface area contributed by atoms with Gasteiger partial charge in [0.15, 0.2) is 10.7 Å². The molecule has 1 unspecified atom stereocenters. The number of aryl methyl sites for hydroxylation is 3. The Morgan fingerprint density at radius 3 is 2.76 bits per heavy atom. The van der Waals surface area contributed by atoms with Gasteiger partial charge in [0, 0.05) is 19.5 Å². The smallest absolute Gasteiger partial charge is 0.306 e. The minimum absolute atomic E-state index is 0.116. The van der Waals surface area contributed by atoms with Crippen LogP contribution in [0.25, 0.3) is 11.0 Å². The molecule has 0 spiro atoms. The van der Waals surface area contributed by atoms with Crippen molar-refractivity contribution in [2.45, 2.75) is 57.6 Å². The second kappa shape index (κ2) is 11.4. The molecule has 0 bridgehead atoms. The van der Waals surface area contributed by atoms with E-state index in [2.05, 4.69) is 10.3 Å². The number of benzene rings is 3. The van der Waals surface area contributed by atoms with Gasteiger partial charge in [0.2, 0.25) is 0 Å². The number of hydrogen-bond donors (Lipinski definition) is 2. The molecular formula is C30H35FN4O5S. The Balaban J connectivity index is 1.56. The number of halogens is 1. The van der Waals surface area contributed by atoms with Gasteiger partial charge in [-0.2, -0.15) is 4.31 Å². The monoisotopic (exact) mass is 582 g/mol. The maximum atomic E-state index is 14.9. The van der Waals surface area contributed by atoms with Crippen LogP contribution >= 0.6 is 10.8 Å². The van der Waals surface area contributed by atoms with Crippen molar-refractivity contribution in [3.8, 4) is 5.75 Å². The van der Waals surface area contributed by atoms with E-state index in [1.165, 1.54) is 16.4 Å². The van der Waals surface area contributed by atoms with Gasteiger partial charge in [-0.1, -0.05) is 35.5 Å². The van der Waals surface area contributed by atoms with Crippen molar-refractivity contribution in [2.75, 3.05) is 13.2 Å². The SMILES string of the molecule is CCOC(=O)CC(c1ccc(C)c(CN2C[C@@H](C)Oc3cccc(F)c3S2(O)O)c1)c1ccc2c(nnn2C)c1C. The number of esters is 1. The zero-order valence-corrected chi connectivity index (χ0v) is 24.6. The van der Waals surface area contributed by atoms with Crippen LogP contribution in [0.5, 0.6) is 5.75 Å². The summed E-state index contributed by atoms with van der Waals surface area (Å²) in [6.07, 6.45) is -0.295. The van der Waals surface area contributed by atoms with Crippen LogP contribution in [0.4, 0.5) is 4.39 Å². The lowest BCUT2D eigenvalue weighted by molar-refractivity contribution is -0.143. The first-order chi connectivity index (χ1) is 19.5. The van der Waals surface area contributed by atoms with Gasteiger partial charge in [-0.25, -0.2) is 9.07 Å². The van der Waals surface area contributed by atoms with Gasteiger partial charge in [0.1, 0.15) is 17.4 Å². The molecule has 41 heavy (non-hydrogen) atoms. The van der Waals surface area contributed by atoms with Gasteiger partial charge in [0.25, 0.3) is 0 Å².